The van der Waals surface area contributed by atoms with Gasteiger partial charge >= 0.3 is 0 Å². The summed E-state index contributed by atoms with van der Waals surface area (Å²) in [7, 11) is -1.21. The van der Waals surface area contributed by atoms with Crippen molar-refractivity contribution < 1.29 is 4.21 Å². The molecule has 0 saturated heterocycles. The van der Waals surface area contributed by atoms with Crippen molar-refractivity contribution in [2.24, 2.45) is 4.40 Å². The number of rotatable bonds is 2. The molecule has 3 heteroatoms. The van der Waals surface area contributed by atoms with Crippen molar-refractivity contribution in [2.45, 2.75) is 25.5 Å². The summed E-state index contributed by atoms with van der Waals surface area (Å²) < 4.78 is 15.7. The summed E-state index contributed by atoms with van der Waals surface area (Å²) in [6.07, 6.45) is 1.71. The van der Waals surface area contributed by atoms with E-state index in [0.29, 0.717) is 0 Å². The molecule has 0 aromatic heterocycles. The molecule has 0 N–H and O–H groups in total. The lowest BCUT2D eigenvalue weighted by Gasteiger charge is -2.12. The van der Waals surface area contributed by atoms with Crippen LogP contribution in [0.3, 0.4) is 0 Å². The van der Waals surface area contributed by atoms with Crippen molar-refractivity contribution in [3.05, 3.63) is 48.0 Å². The van der Waals surface area contributed by atoms with Crippen LogP contribution in [-0.2, 0) is 11.0 Å². The lowest BCUT2D eigenvalue weighted by Crippen LogP contribution is -2.19. The average Bonchev–Trinajstić information content (AvgIpc) is 2.34. The van der Waals surface area contributed by atoms with E-state index in [2.05, 4.69) is 22.6 Å². The Labute approximate surface area is 110 Å². The molecule has 2 aromatic carbocycles. The maximum Gasteiger partial charge on any atom is 0.144 e. The van der Waals surface area contributed by atoms with Crippen LogP contribution in [-0.4, -0.2) is 15.2 Å². The van der Waals surface area contributed by atoms with Gasteiger partial charge in [-0.25, -0.2) is 4.21 Å². The zero-order chi connectivity index (χ0) is 13.2. The molecule has 0 aliphatic heterocycles. The van der Waals surface area contributed by atoms with Crippen LogP contribution in [0.1, 0.15) is 26.3 Å². The number of benzene rings is 2. The van der Waals surface area contributed by atoms with Crippen molar-refractivity contribution in [1.29, 1.82) is 0 Å². The molecule has 0 radical (unpaired) electrons. The molecule has 0 fully saturated rings. The minimum absolute atomic E-state index is 0.318. The van der Waals surface area contributed by atoms with Gasteiger partial charge in [0.05, 0.1) is 4.75 Å². The molecule has 0 bridgehead atoms. The maximum atomic E-state index is 11.9. The summed E-state index contributed by atoms with van der Waals surface area (Å²) in [5, 5.41) is 2.30. The van der Waals surface area contributed by atoms with Gasteiger partial charge in [-0.05, 0) is 31.5 Å². The summed E-state index contributed by atoms with van der Waals surface area (Å²) in [6, 6.07) is 14.2. The average molecular weight is 259 g/mol. The minimum atomic E-state index is -1.21. The van der Waals surface area contributed by atoms with Crippen LogP contribution in [0.15, 0.2) is 46.9 Å². The molecule has 0 amide bonds. The summed E-state index contributed by atoms with van der Waals surface area (Å²) in [5.41, 5.74) is 1.01. The number of hydrogen-bond donors (Lipinski definition) is 0. The lowest BCUT2D eigenvalue weighted by atomic mass is 10.1. The summed E-state index contributed by atoms with van der Waals surface area (Å²) in [4.78, 5) is 0. The molecule has 2 nitrogen and oxygen atoms in total. The van der Waals surface area contributed by atoms with E-state index in [9.17, 15) is 4.21 Å². The molecule has 0 saturated carbocycles. The third-order valence-electron chi connectivity index (χ3n) is 2.63. The van der Waals surface area contributed by atoms with Crippen molar-refractivity contribution in [2.75, 3.05) is 0 Å². The summed E-state index contributed by atoms with van der Waals surface area (Å²) in [5.74, 6) is 0. The van der Waals surface area contributed by atoms with Crippen molar-refractivity contribution in [1.82, 2.24) is 0 Å². The first kappa shape index (κ1) is 13.0. The van der Waals surface area contributed by atoms with Gasteiger partial charge in [0.2, 0.25) is 0 Å². The van der Waals surface area contributed by atoms with Crippen molar-refractivity contribution in [3.8, 4) is 0 Å². The first-order valence-electron chi connectivity index (χ1n) is 5.92. The van der Waals surface area contributed by atoms with Gasteiger partial charge < -0.3 is 0 Å². The summed E-state index contributed by atoms with van der Waals surface area (Å²) >= 11 is 0. The molecular weight excluding hydrogens is 242 g/mol. The zero-order valence-corrected chi connectivity index (χ0v) is 11.7. The van der Waals surface area contributed by atoms with E-state index in [1.807, 2.05) is 45.0 Å². The second-order valence-corrected chi connectivity index (χ2v) is 7.10. The topological polar surface area (TPSA) is 29.4 Å². The molecule has 2 rings (SSSR count). The van der Waals surface area contributed by atoms with E-state index in [-0.39, 0.29) is 4.75 Å². The van der Waals surface area contributed by atoms with Crippen molar-refractivity contribution >= 4 is 28.0 Å². The van der Waals surface area contributed by atoms with Gasteiger partial charge in [-0.15, -0.1) is 0 Å². The highest BCUT2D eigenvalue weighted by Gasteiger charge is 2.18. The molecule has 0 heterocycles. The third-order valence-corrected chi connectivity index (χ3v) is 3.98. The first-order chi connectivity index (χ1) is 8.48. The second-order valence-electron chi connectivity index (χ2n) is 5.16. The highest BCUT2D eigenvalue weighted by molar-refractivity contribution is 7.85. The van der Waals surface area contributed by atoms with Gasteiger partial charge in [0, 0.05) is 11.8 Å². The van der Waals surface area contributed by atoms with Gasteiger partial charge in [0.15, 0.2) is 0 Å². The van der Waals surface area contributed by atoms with E-state index < -0.39 is 11.0 Å². The highest BCUT2D eigenvalue weighted by atomic mass is 32.2. The van der Waals surface area contributed by atoms with Crippen LogP contribution < -0.4 is 0 Å². The maximum absolute atomic E-state index is 11.9. The first-order valence-corrected chi connectivity index (χ1v) is 7.03. The van der Waals surface area contributed by atoms with E-state index in [1.165, 1.54) is 5.39 Å². The van der Waals surface area contributed by atoms with Crippen LogP contribution >= 0.6 is 0 Å². The standard InChI is InChI=1S/C15H17NOS/c1-15(2,3)18(17)16-11-13-9-6-8-12-7-4-5-10-14(12)13/h4-11H,1-3H3/b16-11+/t18-/m1/s1. The van der Waals surface area contributed by atoms with Crippen LogP contribution in [0, 0.1) is 0 Å². The molecule has 0 aliphatic rings. The summed E-state index contributed by atoms with van der Waals surface area (Å²) in [6.45, 7) is 5.76. The van der Waals surface area contributed by atoms with E-state index in [1.54, 1.807) is 6.21 Å². The molecule has 0 aliphatic carbocycles. The van der Waals surface area contributed by atoms with Crippen LogP contribution in [0.25, 0.3) is 10.8 Å². The highest BCUT2D eigenvalue weighted by Crippen LogP contribution is 2.18. The Morgan fingerprint density at radius 1 is 1.06 bits per heavy atom. The monoisotopic (exact) mass is 259 g/mol. The van der Waals surface area contributed by atoms with Gasteiger partial charge in [0.25, 0.3) is 0 Å². The SMILES string of the molecule is CC(C)(C)[S@@](=O)/N=C/c1cccc2ccccc12. The smallest absolute Gasteiger partial charge is 0.144 e. The number of hydrogen-bond acceptors (Lipinski definition) is 1. The van der Waals surface area contributed by atoms with E-state index in [0.717, 1.165) is 10.9 Å². The molecule has 0 unspecified atom stereocenters. The van der Waals surface area contributed by atoms with Crippen LogP contribution in [0.2, 0.25) is 0 Å². The van der Waals surface area contributed by atoms with E-state index in [4.69, 9.17) is 0 Å². The van der Waals surface area contributed by atoms with Gasteiger partial charge in [-0.2, -0.15) is 4.40 Å². The normalized spacial score (nSPS) is 14.2. The number of nitrogens with zero attached hydrogens (tertiary/aromatic N) is 1. The van der Waals surface area contributed by atoms with Crippen LogP contribution in [0.5, 0.6) is 0 Å². The van der Waals surface area contributed by atoms with Gasteiger partial charge in [-0.3, -0.25) is 0 Å². The fraction of sp³-hybridized carbons (Fsp3) is 0.267. The van der Waals surface area contributed by atoms with E-state index >= 15 is 0 Å². The fourth-order valence-corrected chi connectivity index (χ4v) is 2.15. The molecular formula is C15H17NOS. The second kappa shape index (κ2) is 5.02. The quantitative estimate of drug-likeness (QED) is 0.756. The Hall–Kier alpha value is -1.48. The Balaban J connectivity index is 2.38. The molecule has 94 valence electrons. The predicted molar refractivity (Wildman–Crippen MR) is 79.4 cm³/mol. The third kappa shape index (κ3) is 2.85. The fourth-order valence-electron chi connectivity index (χ4n) is 1.63. The zero-order valence-electron chi connectivity index (χ0n) is 10.9. The lowest BCUT2D eigenvalue weighted by molar-refractivity contribution is 0.651. The van der Waals surface area contributed by atoms with Crippen LogP contribution in [0.4, 0.5) is 0 Å². The Bertz CT molecular complexity index is 606. The predicted octanol–water partition coefficient (Wildman–Crippen LogP) is 3.72. The number of fused-ring (bicyclic) bond motifs is 1. The molecule has 2 aromatic rings. The Kier molecular flexibility index (Phi) is 3.62. The molecule has 18 heavy (non-hydrogen) atoms. The van der Waals surface area contributed by atoms with Gasteiger partial charge in [-0.1, -0.05) is 42.5 Å². The largest absolute Gasteiger partial charge is 0.234 e. The molecule has 1 atom stereocenters. The molecule has 0 spiro atoms. The van der Waals surface area contributed by atoms with Crippen molar-refractivity contribution in [3.63, 3.8) is 0 Å². The Morgan fingerprint density at radius 2 is 1.72 bits per heavy atom. The Morgan fingerprint density at radius 3 is 2.44 bits per heavy atom. The minimum Gasteiger partial charge on any atom is -0.234 e. The van der Waals surface area contributed by atoms with Gasteiger partial charge in [0.1, 0.15) is 11.0 Å².